The Kier molecular flexibility index (Phi) is 14.7. The highest BCUT2D eigenvalue weighted by Crippen LogP contribution is 1.99. The van der Waals surface area contributed by atoms with E-state index in [-0.39, 0.29) is 0 Å². The molecule has 0 saturated carbocycles. The Bertz CT molecular complexity index is 184. The Hall–Kier alpha value is 0.190. The van der Waals surface area contributed by atoms with Crippen molar-refractivity contribution in [3.05, 3.63) is 0 Å². The molecule has 2 unspecified atom stereocenters. The predicted octanol–water partition coefficient (Wildman–Crippen LogP) is 1.91. The van der Waals surface area contributed by atoms with Crippen LogP contribution < -0.4 is 5.32 Å². The van der Waals surface area contributed by atoms with Gasteiger partial charge in [-0.15, -0.1) is 0 Å². The number of aliphatic hydroxyl groups is 1. The summed E-state index contributed by atoms with van der Waals surface area (Å²) in [4.78, 5) is 0. The normalized spacial score (nSPS) is 14.5. The summed E-state index contributed by atoms with van der Waals surface area (Å²) >= 11 is 1.85. The molecular formula is C14H31NO3S. The van der Waals surface area contributed by atoms with Crippen LogP contribution in [0.25, 0.3) is 0 Å². The number of thioether (sulfide) groups is 1. The standard InChI is InChI=1S/C14H31NO3S/c1-4-5-7-17-8-9-18-12-14(16)11-15-13(2)6-10-19-3/h13-16H,4-12H2,1-3H3. The van der Waals surface area contributed by atoms with Gasteiger partial charge in [0.05, 0.1) is 25.9 Å². The average molecular weight is 293 g/mol. The molecule has 0 aliphatic rings. The Morgan fingerprint density at radius 1 is 1.21 bits per heavy atom. The van der Waals surface area contributed by atoms with Crippen LogP contribution in [0.2, 0.25) is 0 Å². The average Bonchev–Trinajstić information content (AvgIpc) is 2.41. The van der Waals surface area contributed by atoms with Crippen molar-refractivity contribution in [1.29, 1.82) is 0 Å². The minimum absolute atomic E-state index is 0.374. The topological polar surface area (TPSA) is 50.7 Å². The first-order valence-corrected chi connectivity index (χ1v) is 8.66. The molecule has 0 aromatic rings. The smallest absolute Gasteiger partial charge is 0.0897 e. The van der Waals surface area contributed by atoms with E-state index < -0.39 is 6.10 Å². The van der Waals surface area contributed by atoms with E-state index in [2.05, 4.69) is 25.4 Å². The summed E-state index contributed by atoms with van der Waals surface area (Å²) in [5, 5.41) is 13.0. The molecule has 116 valence electrons. The van der Waals surface area contributed by atoms with Gasteiger partial charge in [-0.1, -0.05) is 13.3 Å². The van der Waals surface area contributed by atoms with Crippen LogP contribution >= 0.6 is 11.8 Å². The van der Waals surface area contributed by atoms with Gasteiger partial charge in [0.2, 0.25) is 0 Å². The molecule has 0 aromatic heterocycles. The fraction of sp³-hybridized carbons (Fsp3) is 1.00. The number of hydrogen-bond acceptors (Lipinski definition) is 5. The molecule has 0 amide bonds. The van der Waals surface area contributed by atoms with Crippen LogP contribution in [-0.2, 0) is 9.47 Å². The van der Waals surface area contributed by atoms with Gasteiger partial charge >= 0.3 is 0 Å². The van der Waals surface area contributed by atoms with Gasteiger partial charge < -0.3 is 19.9 Å². The van der Waals surface area contributed by atoms with Crippen molar-refractivity contribution in [3.8, 4) is 0 Å². The van der Waals surface area contributed by atoms with Gasteiger partial charge in [0.15, 0.2) is 0 Å². The molecule has 0 spiro atoms. The summed E-state index contributed by atoms with van der Waals surface area (Å²) in [5.74, 6) is 1.15. The second-order valence-corrected chi connectivity index (χ2v) is 5.77. The lowest BCUT2D eigenvalue weighted by Gasteiger charge is -2.17. The van der Waals surface area contributed by atoms with E-state index in [1.807, 2.05) is 11.8 Å². The SMILES string of the molecule is CCCCOCCOCC(O)CNC(C)CCSC. The second kappa shape index (κ2) is 14.6. The molecule has 0 fully saturated rings. The fourth-order valence-electron chi connectivity index (χ4n) is 1.48. The summed E-state index contributed by atoms with van der Waals surface area (Å²) in [6.45, 7) is 7.23. The molecule has 0 aliphatic heterocycles. The van der Waals surface area contributed by atoms with Crippen LogP contribution in [0.5, 0.6) is 0 Å². The van der Waals surface area contributed by atoms with E-state index in [0.717, 1.165) is 31.6 Å². The number of hydrogen-bond donors (Lipinski definition) is 2. The predicted molar refractivity (Wildman–Crippen MR) is 83.0 cm³/mol. The summed E-state index contributed by atoms with van der Waals surface area (Å²) in [6, 6.07) is 0.444. The first-order valence-electron chi connectivity index (χ1n) is 7.26. The zero-order chi connectivity index (χ0) is 14.3. The molecule has 0 radical (unpaired) electrons. The summed E-state index contributed by atoms with van der Waals surface area (Å²) in [5.41, 5.74) is 0. The summed E-state index contributed by atoms with van der Waals surface area (Å²) < 4.78 is 10.7. The maximum atomic E-state index is 9.73. The maximum Gasteiger partial charge on any atom is 0.0897 e. The Balaban J connectivity index is 3.27. The van der Waals surface area contributed by atoms with Gasteiger partial charge in [0.1, 0.15) is 0 Å². The van der Waals surface area contributed by atoms with Crippen LogP contribution in [0.4, 0.5) is 0 Å². The lowest BCUT2D eigenvalue weighted by atomic mass is 10.2. The summed E-state index contributed by atoms with van der Waals surface area (Å²) in [6.07, 6.45) is 5.05. The van der Waals surface area contributed by atoms with Gasteiger partial charge in [0.25, 0.3) is 0 Å². The van der Waals surface area contributed by atoms with Gasteiger partial charge in [-0.05, 0) is 31.8 Å². The van der Waals surface area contributed by atoms with Crippen molar-refractivity contribution in [2.75, 3.05) is 45.0 Å². The van der Waals surface area contributed by atoms with Crippen molar-refractivity contribution >= 4 is 11.8 Å². The zero-order valence-corrected chi connectivity index (χ0v) is 13.5. The molecular weight excluding hydrogens is 262 g/mol. The quantitative estimate of drug-likeness (QED) is 0.479. The maximum absolute atomic E-state index is 9.73. The molecule has 4 nitrogen and oxygen atoms in total. The molecule has 0 rings (SSSR count). The fourth-order valence-corrected chi connectivity index (χ4v) is 2.07. The Morgan fingerprint density at radius 2 is 1.95 bits per heavy atom. The highest BCUT2D eigenvalue weighted by molar-refractivity contribution is 7.98. The van der Waals surface area contributed by atoms with Gasteiger partial charge in [-0.3, -0.25) is 0 Å². The number of unbranched alkanes of at least 4 members (excludes halogenated alkanes) is 1. The van der Waals surface area contributed by atoms with Gasteiger partial charge in [-0.25, -0.2) is 0 Å². The molecule has 2 atom stereocenters. The van der Waals surface area contributed by atoms with Crippen LogP contribution in [0.15, 0.2) is 0 Å². The number of aliphatic hydroxyl groups excluding tert-OH is 1. The molecule has 0 bridgehead atoms. The van der Waals surface area contributed by atoms with Gasteiger partial charge in [0, 0.05) is 19.2 Å². The van der Waals surface area contributed by atoms with E-state index in [1.165, 1.54) is 0 Å². The van der Waals surface area contributed by atoms with Crippen molar-refractivity contribution in [3.63, 3.8) is 0 Å². The summed E-state index contributed by atoms with van der Waals surface area (Å²) in [7, 11) is 0. The van der Waals surface area contributed by atoms with Crippen LogP contribution in [-0.4, -0.2) is 62.2 Å². The molecule has 5 heteroatoms. The third kappa shape index (κ3) is 14.4. The lowest BCUT2D eigenvalue weighted by molar-refractivity contribution is 0.00332. The zero-order valence-electron chi connectivity index (χ0n) is 12.7. The van der Waals surface area contributed by atoms with Crippen LogP contribution in [0, 0.1) is 0 Å². The van der Waals surface area contributed by atoms with E-state index in [4.69, 9.17) is 9.47 Å². The highest BCUT2D eigenvalue weighted by Gasteiger charge is 2.06. The first-order chi connectivity index (χ1) is 9.20. The van der Waals surface area contributed by atoms with Crippen LogP contribution in [0.3, 0.4) is 0 Å². The molecule has 0 aliphatic carbocycles. The molecule has 0 saturated heterocycles. The van der Waals surface area contributed by atoms with Crippen molar-refractivity contribution in [2.24, 2.45) is 0 Å². The number of ether oxygens (including phenoxy) is 2. The number of rotatable bonds is 14. The van der Waals surface area contributed by atoms with Crippen molar-refractivity contribution < 1.29 is 14.6 Å². The molecule has 0 aromatic carbocycles. The Morgan fingerprint density at radius 3 is 2.63 bits per heavy atom. The minimum atomic E-state index is -0.438. The Labute approximate surface area is 122 Å². The third-order valence-corrected chi connectivity index (χ3v) is 3.43. The number of nitrogens with one attached hydrogen (secondary N) is 1. The molecule has 0 heterocycles. The highest BCUT2D eigenvalue weighted by atomic mass is 32.2. The van der Waals surface area contributed by atoms with E-state index >= 15 is 0 Å². The third-order valence-electron chi connectivity index (χ3n) is 2.78. The van der Waals surface area contributed by atoms with Crippen molar-refractivity contribution in [2.45, 2.75) is 45.3 Å². The largest absolute Gasteiger partial charge is 0.389 e. The molecule has 19 heavy (non-hydrogen) atoms. The monoisotopic (exact) mass is 293 g/mol. The van der Waals surface area contributed by atoms with Crippen molar-refractivity contribution in [1.82, 2.24) is 5.32 Å². The first kappa shape index (κ1) is 19.2. The van der Waals surface area contributed by atoms with E-state index in [9.17, 15) is 5.11 Å². The van der Waals surface area contributed by atoms with Crippen LogP contribution in [0.1, 0.15) is 33.1 Å². The van der Waals surface area contributed by atoms with E-state index in [0.29, 0.717) is 32.4 Å². The lowest BCUT2D eigenvalue weighted by Crippen LogP contribution is -2.36. The van der Waals surface area contributed by atoms with E-state index in [1.54, 1.807) is 0 Å². The minimum Gasteiger partial charge on any atom is -0.389 e. The van der Waals surface area contributed by atoms with Gasteiger partial charge in [-0.2, -0.15) is 11.8 Å². The molecule has 2 N–H and O–H groups in total. The second-order valence-electron chi connectivity index (χ2n) is 4.79.